The molecule has 1 aliphatic rings. The van der Waals surface area contributed by atoms with Gasteiger partial charge in [0.05, 0.1) is 0 Å². The Hall–Kier alpha value is -0.730. The Labute approximate surface area is 131 Å². The molecule has 0 aromatic heterocycles. The van der Waals surface area contributed by atoms with E-state index >= 15 is 0 Å². The summed E-state index contributed by atoms with van der Waals surface area (Å²) in [5.74, 6) is -1.24. The number of hydrogen-bond donors (Lipinski definition) is 2. The number of aliphatic hydroxyl groups excluding tert-OH is 1. The monoisotopic (exact) mass is 320 g/mol. The minimum absolute atomic E-state index is 0.425. The van der Waals surface area contributed by atoms with E-state index in [1.165, 1.54) is 7.11 Å². The highest BCUT2D eigenvalue weighted by atomic mass is 16.7. The average molecular weight is 320 g/mol. The van der Waals surface area contributed by atoms with E-state index in [9.17, 15) is 15.0 Å². The first kappa shape index (κ1) is 19.3. The van der Waals surface area contributed by atoms with Crippen LogP contribution in [0.5, 0.6) is 0 Å². The fraction of sp³-hybridized carbons (Fsp3) is 0.933. The molecule has 7 heteroatoms. The number of aliphatic carboxylic acids is 1. The van der Waals surface area contributed by atoms with Gasteiger partial charge in [-0.25, -0.2) is 4.79 Å². The Morgan fingerprint density at radius 3 is 2.09 bits per heavy atom. The lowest BCUT2D eigenvalue weighted by atomic mass is 9.98. The van der Waals surface area contributed by atoms with Crippen molar-refractivity contribution in [3.05, 3.63) is 0 Å². The smallest absolute Gasteiger partial charge is 0.335 e. The lowest BCUT2D eigenvalue weighted by Crippen LogP contribution is -2.62. The average Bonchev–Trinajstić information content (AvgIpc) is 2.50. The summed E-state index contributed by atoms with van der Waals surface area (Å²) in [6.45, 7) is 4.97. The topological polar surface area (TPSA) is 94.5 Å². The fourth-order valence-corrected chi connectivity index (χ4v) is 2.31. The number of aliphatic hydroxyl groups is 1. The maximum Gasteiger partial charge on any atom is 0.335 e. The summed E-state index contributed by atoms with van der Waals surface area (Å²) >= 11 is 0. The van der Waals surface area contributed by atoms with Gasteiger partial charge in [-0.15, -0.1) is 0 Å². The van der Waals surface area contributed by atoms with Gasteiger partial charge < -0.3 is 29.2 Å². The van der Waals surface area contributed by atoms with E-state index in [1.807, 2.05) is 13.8 Å². The third kappa shape index (κ3) is 5.17. The number of methoxy groups -OCH3 is 1. The first-order valence-electron chi connectivity index (χ1n) is 7.89. The highest BCUT2D eigenvalue weighted by Crippen LogP contribution is 2.27. The van der Waals surface area contributed by atoms with Crippen molar-refractivity contribution in [2.45, 2.75) is 70.2 Å². The van der Waals surface area contributed by atoms with Gasteiger partial charge in [0.2, 0.25) is 0 Å². The molecular weight excluding hydrogens is 292 g/mol. The molecule has 0 aromatic rings. The van der Waals surface area contributed by atoms with Crippen LogP contribution in [0.4, 0.5) is 0 Å². The number of unbranched alkanes of at least 4 members (excludes halogenated alkanes) is 2. The van der Waals surface area contributed by atoms with Crippen LogP contribution in [0.3, 0.4) is 0 Å². The number of carboxylic acids is 1. The first-order valence-corrected chi connectivity index (χ1v) is 7.89. The molecule has 1 saturated heterocycles. The van der Waals surface area contributed by atoms with E-state index in [0.29, 0.717) is 13.2 Å². The minimum atomic E-state index is -1.39. The van der Waals surface area contributed by atoms with E-state index in [2.05, 4.69) is 0 Å². The second-order valence-electron chi connectivity index (χ2n) is 5.37. The van der Waals surface area contributed by atoms with Gasteiger partial charge in [0.15, 0.2) is 12.4 Å². The van der Waals surface area contributed by atoms with Crippen molar-refractivity contribution in [1.82, 2.24) is 0 Å². The van der Waals surface area contributed by atoms with Gasteiger partial charge >= 0.3 is 5.97 Å². The Morgan fingerprint density at radius 1 is 1.09 bits per heavy atom. The molecule has 130 valence electrons. The molecule has 1 rings (SSSR count). The molecule has 0 aliphatic carbocycles. The molecule has 0 bridgehead atoms. The van der Waals surface area contributed by atoms with Crippen LogP contribution in [0.2, 0.25) is 0 Å². The summed E-state index contributed by atoms with van der Waals surface area (Å²) in [6, 6.07) is 0. The normalized spacial score (nSPS) is 32.1. The molecule has 2 N–H and O–H groups in total. The van der Waals surface area contributed by atoms with Crippen LogP contribution < -0.4 is 0 Å². The van der Waals surface area contributed by atoms with E-state index in [1.54, 1.807) is 0 Å². The number of carboxylic acid groups (broad SMARTS) is 1. The molecule has 1 heterocycles. The van der Waals surface area contributed by atoms with Gasteiger partial charge in [-0.3, -0.25) is 0 Å². The van der Waals surface area contributed by atoms with Crippen LogP contribution in [0, 0.1) is 0 Å². The van der Waals surface area contributed by atoms with Crippen LogP contribution >= 0.6 is 0 Å². The van der Waals surface area contributed by atoms with Crippen LogP contribution in [0.15, 0.2) is 0 Å². The third-order valence-electron chi connectivity index (χ3n) is 3.61. The predicted octanol–water partition coefficient (Wildman–Crippen LogP) is 1.17. The molecule has 22 heavy (non-hydrogen) atoms. The molecule has 0 aromatic carbocycles. The van der Waals surface area contributed by atoms with Crippen molar-refractivity contribution >= 4 is 5.97 Å². The molecule has 1 fully saturated rings. The Kier molecular flexibility index (Phi) is 8.89. The number of carbonyl (C=O) groups is 1. The maximum absolute atomic E-state index is 11.2. The van der Waals surface area contributed by atoms with Gasteiger partial charge in [-0.05, 0) is 12.8 Å². The van der Waals surface area contributed by atoms with Crippen LogP contribution in [0.25, 0.3) is 0 Å². The van der Waals surface area contributed by atoms with Crippen molar-refractivity contribution in [3.8, 4) is 0 Å². The number of ether oxygens (including phenoxy) is 4. The molecule has 0 saturated carbocycles. The van der Waals surface area contributed by atoms with Crippen molar-refractivity contribution in [2.75, 3.05) is 20.3 Å². The predicted molar refractivity (Wildman–Crippen MR) is 78.6 cm³/mol. The summed E-state index contributed by atoms with van der Waals surface area (Å²) in [5.41, 5.74) is 0. The maximum atomic E-state index is 11.2. The zero-order valence-corrected chi connectivity index (χ0v) is 13.6. The van der Waals surface area contributed by atoms with Gasteiger partial charge in [0.25, 0.3) is 0 Å². The summed E-state index contributed by atoms with van der Waals surface area (Å²) in [4.78, 5) is 11.2. The highest BCUT2D eigenvalue weighted by molar-refractivity contribution is 5.73. The van der Waals surface area contributed by atoms with Crippen LogP contribution in [0.1, 0.15) is 39.5 Å². The lowest BCUT2D eigenvalue weighted by Gasteiger charge is -2.42. The van der Waals surface area contributed by atoms with E-state index in [-0.39, 0.29) is 0 Å². The molecule has 7 nitrogen and oxygen atoms in total. The molecule has 1 aliphatic heterocycles. The van der Waals surface area contributed by atoms with E-state index in [0.717, 1.165) is 25.7 Å². The van der Waals surface area contributed by atoms with Crippen LogP contribution in [-0.4, -0.2) is 67.2 Å². The molecule has 0 radical (unpaired) electrons. The largest absolute Gasteiger partial charge is 0.479 e. The lowest BCUT2D eigenvalue weighted by molar-refractivity contribution is -0.303. The summed E-state index contributed by atoms with van der Waals surface area (Å²) in [5, 5.41) is 19.4. The summed E-state index contributed by atoms with van der Waals surface area (Å²) < 4.78 is 21.9. The standard InChI is InChI=1S/C15H28O7/c1-4-6-8-20-11-10(16)12(14(17)18)22-15(19-3)13(11)21-9-7-5-2/h10-13,15-16H,4-9H2,1-3H3,(H,17,18)/t10-,11-,12-,13+,15+/m0/s1. The van der Waals surface area contributed by atoms with Crippen molar-refractivity contribution in [1.29, 1.82) is 0 Å². The molecule has 5 atom stereocenters. The van der Waals surface area contributed by atoms with Crippen molar-refractivity contribution in [2.24, 2.45) is 0 Å². The van der Waals surface area contributed by atoms with Gasteiger partial charge in [0, 0.05) is 20.3 Å². The van der Waals surface area contributed by atoms with Crippen LogP contribution in [-0.2, 0) is 23.7 Å². The Bertz CT molecular complexity index is 323. The summed E-state index contributed by atoms with van der Waals surface area (Å²) in [6.07, 6.45) is -1.43. The third-order valence-corrected chi connectivity index (χ3v) is 3.61. The second kappa shape index (κ2) is 10.1. The SMILES string of the molecule is CCCCO[C@H]1[C@H](OC)O[C@H](C(=O)O)[C@@H](O)[C@@H]1OCCCC. The van der Waals surface area contributed by atoms with Crippen molar-refractivity contribution in [3.63, 3.8) is 0 Å². The zero-order valence-electron chi connectivity index (χ0n) is 13.6. The first-order chi connectivity index (χ1) is 10.6. The van der Waals surface area contributed by atoms with Crippen molar-refractivity contribution < 1.29 is 34.0 Å². The molecule has 0 unspecified atom stereocenters. The minimum Gasteiger partial charge on any atom is -0.479 e. The second-order valence-corrected chi connectivity index (χ2v) is 5.37. The Balaban J connectivity index is 2.82. The number of hydrogen-bond acceptors (Lipinski definition) is 6. The fourth-order valence-electron chi connectivity index (χ4n) is 2.31. The quantitative estimate of drug-likeness (QED) is 0.584. The molecule has 0 amide bonds. The summed E-state index contributed by atoms with van der Waals surface area (Å²) in [7, 11) is 1.42. The Morgan fingerprint density at radius 2 is 1.64 bits per heavy atom. The van der Waals surface area contributed by atoms with E-state index < -0.39 is 36.7 Å². The number of rotatable bonds is 10. The molecule has 0 spiro atoms. The van der Waals surface area contributed by atoms with Gasteiger partial charge in [-0.2, -0.15) is 0 Å². The van der Waals surface area contributed by atoms with Gasteiger partial charge in [-0.1, -0.05) is 26.7 Å². The molecular formula is C15H28O7. The highest BCUT2D eigenvalue weighted by Gasteiger charge is 2.49. The zero-order chi connectivity index (χ0) is 16.5. The van der Waals surface area contributed by atoms with E-state index in [4.69, 9.17) is 18.9 Å². The van der Waals surface area contributed by atoms with Gasteiger partial charge in [0.1, 0.15) is 18.3 Å².